The summed E-state index contributed by atoms with van der Waals surface area (Å²) >= 11 is 5.12. The van der Waals surface area contributed by atoms with Crippen molar-refractivity contribution in [1.82, 2.24) is 10.6 Å². The van der Waals surface area contributed by atoms with Crippen molar-refractivity contribution in [2.45, 2.75) is 39.7 Å². The van der Waals surface area contributed by atoms with Crippen molar-refractivity contribution in [3.8, 4) is 0 Å². The first kappa shape index (κ1) is 14.0. The van der Waals surface area contributed by atoms with Crippen molar-refractivity contribution in [3.05, 3.63) is 35.4 Å². The summed E-state index contributed by atoms with van der Waals surface area (Å²) in [5.41, 5.74) is 2.82. The summed E-state index contributed by atoms with van der Waals surface area (Å²) in [6.45, 7) is 10.3. The van der Waals surface area contributed by atoms with Gasteiger partial charge in [0.25, 0.3) is 0 Å². The average Bonchev–Trinajstić information content (AvgIpc) is 2.26. The predicted molar refractivity (Wildman–Crippen MR) is 78.3 cm³/mol. The molecule has 1 rings (SSSR count). The quantitative estimate of drug-likeness (QED) is 0.807. The first-order chi connectivity index (χ1) is 7.93. The van der Waals surface area contributed by atoms with Gasteiger partial charge in [0, 0.05) is 13.1 Å². The molecule has 0 saturated carbocycles. The van der Waals surface area contributed by atoms with Crippen LogP contribution in [0.5, 0.6) is 0 Å². The Morgan fingerprint density at radius 1 is 1.12 bits per heavy atom. The zero-order valence-electron chi connectivity index (χ0n) is 11.1. The van der Waals surface area contributed by atoms with E-state index in [-0.39, 0.29) is 5.41 Å². The maximum atomic E-state index is 5.12. The number of rotatable bonds is 3. The van der Waals surface area contributed by atoms with Crippen LogP contribution in [-0.4, -0.2) is 11.7 Å². The standard InChI is InChI=1S/C14H22N2S/c1-5-15-13(17)16-10-11-6-8-12(9-7-11)14(2,3)4/h6-9H,5,10H2,1-4H3,(H2,15,16,17). The van der Waals surface area contributed by atoms with Crippen LogP contribution >= 0.6 is 12.2 Å². The van der Waals surface area contributed by atoms with Crippen molar-refractivity contribution in [1.29, 1.82) is 0 Å². The third-order valence-electron chi connectivity index (χ3n) is 2.61. The second-order valence-electron chi connectivity index (χ2n) is 5.16. The summed E-state index contributed by atoms with van der Waals surface area (Å²) in [6, 6.07) is 8.69. The van der Waals surface area contributed by atoms with Gasteiger partial charge < -0.3 is 10.6 Å². The molecule has 0 aliphatic heterocycles. The summed E-state index contributed by atoms with van der Waals surface area (Å²) < 4.78 is 0. The SMILES string of the molecule is CCNC(=S)NCc1ccc(C(C)(C)C)cc1. The lowest BCUT2D eigenvalue weighted by molar-refractivity contribution is 0.590. The molecular formula is C14H22N2S. The van der Waals surface area contributed by atoms with Crippen LogP contribution in [0.4, 0.5) is 0 Å². The molecule has 0 saturated heterocycles. The van der Waals surface area contributed by atoms with Crippen LogP contribution < -0.4 is 10.6 Å². The van der Waals surface area contributed by atoms with Crippen LogP contribution in [0.25, 0.3) is 0 Å². The molecule has 1 aromatic carbocycles. The third-order valence-corrected chi connectivity index (χ3v) is 2.90. The van der Waals surface area contributed by atoms with E-state index in [1.165, 1.54) is 11.1 Å². The van der Waals surface area contributed by atoms with Crippen LogP contribution in [0.15, 0.2) is 24.3 Å². The van der Waals surface area contributed by atoms with Gasteiger partial charge in [-0.25, -0.2) is 0 Å². The number of thiocarbonyl (C=S) groups is 1. The van der Waals surface area contributed by atoms with Crippen molar-refractivity contribution in [3.63, 3.8) is 0 Å². The fraction of sp³-hybridized carbons (Fsp3) is 0.500. The van der Waals surface area contributed by atoms with E-state index in [1.54, 1.807) is 0 Å². The second-order valence-corrected chi connectivity index (χ2v) is 5.57. The molecule has 0 atom stereocenters. The fourth-order valence-corrected chi connectivity index (χ4v) is 1.74. The maximum Gasteiger partial charge on any atom is 0.166 e. The van der Waals surface area contributed by atoms with E-state index < -0.39 is 0 Å². The number of hydrogen-bond donors (Lipinski definition) is 2. The summed E-state index contributed by atoms with van der Waals surface area (Å²) in [4.78, 5) is 0. The Morgan fingerprint density at radius 2 is 1.71 bits per heavy atom. The van der Waals surface area contributed by atoms with Gasteiger partial charge in [0.1, 0.15) is 0 Å². The maximum absolute atomic E-state index is 5.12. The number of hydrogen-bond acceptors (Lipinski definition) is 1. The van der Waals surface area contributed by atoms with Crippen molar-refractivity contribution < 1.29 is 0 Å². The number of nitrogens with one attached hydrogen (secondary N) is 2. The summed E-state index contributed by atoms with van der Waals surface area (Å²) in [5.74, 6) is 0. The lowest BCUT2D eigenvalue weighted by Gasteiger charge is -2.19. The van der Waals surface area contributed by atoms with Gasteiger partial charge >= 0.3 is 0 Å². The van der Waals surface area contributed by atoms with E-state index in [9.17, 15) is 0 Å². The van der Waals surface area contributed by atoms with Gasteiger partial charge in [-0.15, -0.1) is 0 Å². The minimum atomic E-state index is 0.213. The molecule has 0 aromatic heterocycles. The molecule has 2 N–H and O–H groups in total. The van der Waals surface area contributed by atoms with Crippen molar-refractivity contribution >= 4 is 17.3 Å². The monoisotopic (exact) mass is 250 g/mol. The third kappa shape index (κ3) is 4.73. The van der Waals surface area contributed by atoms with Crippen LogP contribution in [0.1, 0.15) is 38.8 Å². The molecule has 17 heavy (non-hydrogen) atoms. The summed E-state index contributed by atoms with van der Waals surface area (Å²) in [6.07, 6.45) is 0. The molecule has 0 bridgehead atoms. The van der Waals surface area contributed by atoms with E-state index in [2.05, 4.69) is 55.7 Å². The van der Waals surface area contributed by atoms with E-state index in [1.807, 2.05) is 6.92 Å². The van der Waals surface area contributed by atoms with E-state index in [4.69, 9.17) is 12.2 Å². The van der Waals surface area contributed by atoms with Gasteiger partial charge in [-0.05, 0) is 35.7 Å². The highest BCUT2D eigenvalue weighted by Gasteiger charge is 2.12. The Labute approximate surface area is 110 Å². The topological polar surface area (TPSA) is 24.1 Å². The average molecular weight is 250 g/mol. The summed E-state index contributed by atoms with van der Waals surface area (Å²) in [5, 5.41) is 6.97. The Kier molecular flexibility index (Phi) is 4.94. The smallest absolute Gasteiger partial charge is 0.166 e. The zero-order valence-corrected chi connectivity index (χ0v) is 11.9. The fourth-order valence-electron chi connectivity index (χ4n) is 1.53. The van der Waals surface area contributed by atoms with E-state index in [0.717, 1.165) is 13.1 Å². The molecule has 0 spiro atoms. The molecule has 94 valence electrons. The van der Waals surface area contributed by atoms with E-state index in [0.29, 0.717) is 5.11 Å². The lowest BCUT2D eigenvalue weighted by Crippen LogP contribution is -2.34. The highest BCUT2D eigenvalue weighted by Crippen LogP contribution is 2.21. The van der Waals surface area contributed by atoms with Gasteiger partial charge in [-0.2, -0.15) is 0 Å². The first-order valence-electron chi connectivity index (χ1n) is 6.04. The molecule has 0 radical (unpaired) electrons. The van der Waals surface area contributed by atoms with Crippen LogP contribution in [0.3, 0.4) is 0 Å². The molecule has 0 heterocycles. The minimum absolute atomic E-state index is 0.213. The Hall–Kier alpha value is -1.09. The van der Waals surface area contributed by atoms with E-state index >= 15 is 0 Å². The number of benzene rings is 1. The highest BCUT2D eigenvalue weighted by atomic mass is 32.1. The van der Waals surface area contributed by atoms with Crippen LogP contribution in [-0.2, 0) is 12.0 Å². The van der Waals surface area contributed by atoms with Crippen LogP contribution in [0.2, 0.25) is 0 Å². The Bertz CT molecular complexity index is 363. The molecule has 3 heteroatoms. The Morgan fingerprint density at radius 3 is 2.18 bits per heavy atom. The van der Waals surface area contributed by atoms with Gasteiger partial charge in [0.05, 0.1) is 0 Å². The van der Waals surface area contributed by atoms with Crippen molar-refractivity contribution in [2.75, 3.05) is 6.54 Å². The summed E-state index contributed by atoms with van der Waals surface area (Å²) in [7, 11) is 0. The minimum Gasteiger partial charge on any atom is -0.363 e. The van der Waals surface area contributed by atoms with Gasteiger partial charge in [0.2, 0.25) is 0 Å². The second kappa shape index (κ2) is 6.01. The molecule has 0 aliphatic carbocycles. The molecular weight excluding hydrogens is 228 g/mol. The predicted octanol–water partition coefficient (Wildman–Crippen LogP) is 2.97. The van der Waals surface area contributed by atoms with Crippen molar-refractivity contribution in [2.24, 2.45) is 0 Å². The molecule has 0 amide bonds. The lowest BCUT2D eigenvalue weighted by atomic mass is 9.87. The van der Waals surface area contributed by atoms with Crippen LogP contribution in [0, 0.1) is 0 Å². The normalized spacial score (nSPS) is 11.1. The molecule has 0 aliphatic rings. The zero-order chi connectivity index (χ0) is 12.9. The molecule has 0 unspecified atom stereocenters. The molecule has 0 fully saturated rings. The molecule has 2 nitrogen and oxygen atoms in total. The first-order valence-corrected chi connectivity index (χ1v) is 6.45. The van der Waals surface area contributed by atoms with Gasteiger partial charge in [-0.1, -0.05) is 45.0 Å². The molecule has 1 aromatic rings. The van der Waals surface area contributed by atoms with Gasteiger partial charge in [-0.3, -0.25) is 0 Å². The largest absolute Gasteiger partial charge is 0.363 e. The van der Waals surface area contributed by atoms with Gasteiger partial charge in [0.15, 0.2) is 5.11 Å². The Balaban J connectivity index is 2.54. The highest BCUT2D eigenvalue weighted by molar-refractivity contribution is 7.80.